The number of ketones is 2. The number of carbonyl (C=O) groups is 2. The molecule has 2 atom stereocenters. The fraction of sp³-hybridized carbons (Fsp3) is 0.444. The van der Waals surface area contributed by atoms with Gasteiger partial charge in [0.15, 0.2) is 0 Å². The molecule has 0 aliphatic heterocycles. The van der Waals surface area contributed by atoms with Crippen molar-refractivity contribution in [3.63, 3.8) is 0 Å². The van der Waals surface area contributed by atoms with Crippen LogP contribution in [0, 0.1) is 5.92 Å². The van der Waals surface area contributed by atoms with Gasteiger partial charge in [0.05, 0.1) is 34.2 Å². The van der Waals surface area contributed by atoms with Gasteiger partial charge in [-0.1, -0.05) is 13.8 Å². The van der Waals surface area contributed by atoms with E-state index in [1.807, 2.05) is 13.8 Å². The highest BCUT2D eigenvalue weighted by atomic mass is 16.3. The molecule has 2 heterocycles. The minimum absolute atomic E-state index is 0.0725. The van der Waals surface area contributed by atoms with Crippen LogP contribution in [0.3, 0.4) is 0 Å². The smallest absolute Gasteiger partial charge is 0.212 e. The zero-order valence-corrected chi connectivity index (χ0v) is 14.5. The summed E-state index contributed by atoms with van der Waals surface area (Å²) in [5.41, 5.74) is -0.254. The van der Waals surface area contributed by atoms with Crippen molar-refractivity contribution in [3.05, 3.63) is 46.0 Å². The average Bonchev–Trinajstić information content (AvgIpc) is 3.15. The molecule has 0 spiro atoms. The lowest BCUT2D eigenvalue weighted by atomic mass is 9.93. The summed E-state index contributed by atoms with van der Waals surface area (Å²) in [5, 5.41) is 30.3. The third-order valence-corrected chi connectivity index (χ3v) is 4.53. The predicted molar refractivity (Wildman–Crippen MR) is 89.5 cm³/mol. The van der Waals surface area contributed by atoms with Crippen LogP contribution < -0.4 is 0 Å². The van der Waals surface area contributed by atoms with Crippen LogP contribution in [-0.4, -0.2) is 42.5 Å². The quantitative estimate of drug-likeness (QED) is 0.490. The summed E-state index contributed by atoms with van der Waals surface area (Å²) in [7, 11) is 0. The first-order chi connectivity index (χ1) is 11.5. The van der Waals surface area contributed by atoms with Crippen LogP contribution in [0.2, 0.25) is 0 Å². The highest BCUT2D eigenvalue weighted by Crippen LogP contribution is 2.33. The van der Waals surface area contributed by atoms with Crippen molar-refractivity contribution in [3.8, 4) is 0 Å². The van der Waals surface area contributed by atoms with Gasteiger partial charge in [-0.25, -0.2) is 0 Å². The molecule has 25 heavy (non-hydrogen) atoms. The van der Waals surface area contributed by atoms with Gasteiger partial charge in [-0.2, -0.15) is 0 Å². The van der Waals surface area contributed by atoms with Gasteiger partial charge in [-0.3, -0.25) is 9.59 Å². The molecule has 1 aliphatic carbocycles. The minimum atomic E-state index is -1.43. The van der Waals surface area contributed by atoms with Gasteiger partial charge >= 0.3 is 0 Å². The van der Waals surface area contributed by atoms with E-state index in [0.29, 0.717) is 5.69 Å². The Labute approximate surface area is 144 Å². The monoisotopic (exact) mass is 346 g/mol. The molecule has 1 aliphatic rings. The molecule has 0 aromatic carbocycles. The van der Waals surface area contributed by atoms with E-state index < -0.39 is 29.4 Å². The third kappa shape index (κ3) is 2.74. The number of nitrogens with one attached hydrogen (secondary N) is 2. The van der Waals surface area contributed by atoms with E-state index in [0.717, 1.165) is 0 Å². The molecule has 2 aromatic rings. The summed E-state index contributed by atoms with van der Waals surface area (Å²) >= 11 is 0. The number of rotatable bonds is 4. The summed E-state index contributed by atoms with van der Waals surface area (Å²) in [6.45, 7) is 6.54. The summed E-state index contributed by atoms with van der Waals surface area (Å²) in [6.07, 6.45) is -2.08. The zero-order valence-electron chi connectivity index (χ0n) is 14.5. The fourth-order valence-corrected chi connectivity index (χ4v) is 2.98. The molecule has 2 aromatic heterocycles. The van der Waals surface area contributed by atoms with Gasteiger partial charge < -0.3 is 25.3 Å². The molecule has 5 N–H and O–H groups in total. The van der Waals surface area contributed by atoms with Crippen LogP contribution in [0.1, 0.15) is 83.4 Å². The number of H-pyrrole nitrogens is 2. The Hall–Kier alpha value is -2.22. The number of aromatic nitrogens is 2. The summed E-state index contributed by atoms with van der Waals surface area (Å²) in [5.74, 6) is -0.855. The maximum Gasteiger partial charge on any atom is 0.212 e. The lowest BCUT2D eigenvalue weighted by Gasteiger charge is -2.23. The van der Waals surface area contributed by atoms with Crippen LogP contribution in [0.25, 0.3) is 0 Å². The van der Waals surface area contributed by atoms with Crippen LogP contribution >= 0.6 is 0 Å². The maximum atomic E-state index is 12.7. The van der Waals surface area contributed by atoms with Crippen molar-refractivity contribution in [2.45, 2.75) is 45.5 Å². The Kier molecular flexibility index (Phi) is 3.98. The SMILES string of the molecule is CC(C)[C@@H](O)c1cc2c([nH]1)C(=O)c1cc([C@@H](O)C(C)(C)O)[nH]c1C2=O. The molecular weight excluding hydrogens is 324 g/mol. The Morgan fingerprint density at radius 3 is 1.80 bits per heavy atom. The van der Waals surface area contributed by atoms with E-state index in [1.54, 1.807) is 0 Å². The molecule has 3 rings (SSSR count). The van der Waals surface area contributed by atoms with Gasteiger partial charge in [0, 0.05) is 11.4 Å². The first kappa shape index (κ1) is 17.6. The molecule has 0 radical (unpaired) electrons. The lowest BCUT2D eigenvalue weighted by molar-refractivity contribution is -0.0515. The van der Waals surface area contributed by atoms with Crippen molar-refractivity contribution in [2.24, 2.45) is 5.92 Å². The number of fused-ring (bicyclic) bond motifs is 2. The Bertz CT molecular complexity index is 802. The van der Waals surface area contributed by atoms with E-state index in [4.69, 9.17) is 0 Å². The number of aliphatic hydroxyl groups is 3. The minimum Gasteiger partial charge on any atom is -0.387 e. The largest absolute Gasteiger partial charge is 0.387 e. The van der Waals surface area contributed by atoms with E-state index in [-0.39, 0.29) is 34.1 Å². The molecular formula is C18H22N2O5. The highest BCUT2D eigenvalue weighted by Gasteiger charge is 2.37. The first-order valence-electron chi connectivity index (χ1n) is 8.16. The van der Waals surface area contributed by atoms with E-state index in [1.165, 1.54) is 26.0 Å². The van der Waals surface area contributed by atoms with Crippen molar-refractivity contribution in [1.82, 2.24) is 9.97 Å². The summed E-state index contributed by atoms with van der Waals surface area (Å²) in [6, 6.07) is 2.89. The molecule has 0 fully saturated rings. The van der Waals surface area contributed by atoms with Gasteiger partial charge in [0.1, 0.15) is 6.10 Å². The number of carbonyl (C=O) groups excluding carboxylic acids is 2. The second-order valence-corrected chi connectivity index (χ2v) is 7.43. The number of aliphatic hydroxyl groups excluding tert-OH is 2. The van der Waals surface area contributed by atoms with Gasteiger partial charge in [-0.05, 0) is 31.9 Å². The first-order valence-corrected chi connectivity index (χ1v) is 8.16. The molecule has 0 bridgehead atoms. The van der Waals surface area contributed by atoms with E-state index >= 15 is 0 Å². The topological polar surface area (TPSA) is 126 Å². The standard InChI is InChI=1S/C18H22N2O5/c1-7(2)14(21)10-5-8-12(19-10)16(23)9-6-11(17(24)18(3,4)25)20-13(9)15(8)22/h5-7,14,17,19-21,24-25H,1-4H3/t14-,17-/m1/s1. The Morgan fingerprint density at radius 1 is 0.920 bits per heavy atom. The molecule has 0 saturated heterocycles. The second-order valence-electron chi connectivity index (χ2n) is 7.43. The summed E-state index contributed by atoms with van der Waals surface area (Å²) < 4.78 is 0. The molecule has 0 saturated carbocycles. The predicted octanol–water partition coefficient (Wildman–Crippen LogP) is 1.61. The van der Waals surface area contributed by atoms with Gasteiger partial charge in [0.25, 0.3) is 0 Å². The van der Waals surface area contributed by atoms with E-state index in [2.05, 4.69) is 9.97 Å². The maximum absolute atomic E-state index is 12.7. The molecule has 7 heteroatoms. The van der Waals surface area contributed by atoms with Crippen LogP contribution in [0.5, 0.6) is 0 Å². The average molecular weight is 346 g/mol. The lowest BCUT2D eigenvalue weighted by Crippen LogP contribution is -2.28. The highest BCUT2D eigenvalue weighted by molar-refractivity contribution is 6.27. The van der Waals surface area contributed by atoms with Crippen molar-refractivity contribution >= 4 is 11.6 Å². The van der Waals surface area contributed by atoms with Crippen molar-refractivity contribution in [2.75, 3.05) is 0 Å². The normalized spacial score (nSPS) is 16.8. The molecule has 0 amide bonds. The third-order valence-electron chi connectivity index (χ3n) is 4.53. The summed E-state index contributed by atoms with van der Waals surface area (Å²) in [4.78, 5) is 31.1. The van der Waals surface area contributed by atoms with Gasteiger partial charge in [-0.15, -0.1) is 0 Å². The number of hydrogen-bond acceptors (Lipinski definition) is 5. The van der Waals surface area contributed by atoms with Crippen LogP contribution in [0.15, 0.2) is 12.1 Å². The molecule has 0 unspecified atom stereocenters. The van der Waals surface area contributed by atoms with E-state index in [9.17, 15) is 24.9 Å². The second kappa shape index (κ2) is 5.66. The fourth-order valence-electron chi connectivity index (χ4n) is 2.98. The van der Waals surface area contributed by atoms with Crippen molar-refractivity contribution in [1.29, 1.82) is 0 Å². The molecule has 134 valence electrons. The molecule has 7 nitrogen and oxygen atoms in total. The van der Waals surface area contributed by atoms with Crippen LogP contribution in [-0.2, 0) is 0 Å². The van der Waals surface area contributed by atoms with Gasteiger partial charge in [0.2, 0.25) is 11.6 Å². The number of hydrogen-bond donors (Lipinski definition) is 5. The van der Waals surface area contributed by atoms with Crippen molar-refractivity contribution < 1.29 is 24.9 Å². The number of aromatic amines is 2. The van der Waals surface area contributed by atoms with Crippen LogP contribution in [0.4, 0.5) is 0 Å². The Morgan fingerprint density at radius 2 is 1.36 bits per heavy atom. The Balaban J connectivity index is 2.05. The zero-order chi connectivity index (χ0) is 18.7.